The molecule has 7 heteroatoms. The molecule has 20 heavy (non-hydrogen) atoms. The molecule has 0 spiro atoms. The van der Waals surface area contributed by atoms with Crippen molar-refractivity contribution in [2.24, 2.45) is 0 Å². The number of hydrogen-bond acceptors (Lipinski definition) is 4. The number of hydrogen-bond donors (Lipinski definition) is 2. The lowest BCUT2D eigenvalue weighted by molar-refractivity contribution is 0.579. The molecule has 2 N–H and O–H groups in total. The Morgan fingerprint density at radius 1 is 1.40 bits per heavy atom. The Hall–Kier alpha value is -0.270. The lowest BCUT2D eigenvalue weighted by atomic mass is 10.2. The van der Waals surface area contributed by atoms with Gasteiger partial charge in [-0.15, -0.1) is 0 Å². The highest BCUT2D eigenvalue weighted by Crippen LogP contribution is 2.46. The predicted molar refractivity (Wildman–Crippen MR) is 84.9 cm³/mol. The van der Waals surface area contributed by atoms with Gasteiger partial charge in [-0.05, 0) is 43.8 Å². The molecule has 0 aliphatic heterocycles. The monoisotopic (exact) mass is 334 g/mol. The molecule has 0 unspecified atom stereocenters. The second kappa shape index (κ2) is 6.23. The summed E-state index contributed by atoms with van der Waals surface area (Å²) in [4.78, 5) is 0.156. The third kappa shape index (κ3) is 3.68. The second-order valence-corrected chi connectivity index (χ2v) is 8.42. The Labute approximate surface area is 129 Å². The van der Waals surface area contributed by atoms with Gasteiger partial charge in [0.15, 0.2) is 0 Å². The van der Waals surface area contributed by atoms with E-state index in [1.54, 1.807) is 23.9 Å². The Bertz CT molecular complexity index is 586. The quantitative estimate of drug-likeness (QED) is 0.803. The van der Waals surface area contributed by atoms with Crippen LogP contribution >= 0.6 is 23.4 Å². The fourth-order valence-corrected chi connectivity index (χ4v) is 4.46. The number of sulfonamides is 1. The van der Waals surface area contributed by atoms with Crippen LogP contribution in [0.25, 0.3) is 0 Å². The van der Waals surface area contributed by atoms with Crippen LogP contribution in [0.3, 0.4) is 0 Å². The van der Waals surface area contributed by atoms with E-state index in [0.29, 0.717) is 13.1 Å². The Morgan fingerprint density at radius 2 is 2.10 bits per heavy atom. The van der Waals surface area contributed by atoms with Crippen LogP contribution in [0.1, 0.15) is 18.4 Å². The summed E-state index contributed by atoms with van der Waals surface area (Å²) < 4.78 is 27.5. The van der Waals surface area contributed by atoms with Crippen LogP contribution in [0, 0.1) is 0 Å². The molecular weight excluding hydrogens is 316 g/mol. The summed E-state index contributed by atoms with van der Waals surface area (Å²) in [5.74, 6) is 0. The molecule has 0 bridgehead atoms. The molecule has 0 radical (unpaired) electrons. The Kier molecular flexibility index (Phi) is 5.02. The first-order valence-corrected chi connectivity index (χ1v) is 9.49. The first kappa shape index (κ1) is 16.1. The molecule has 0 amide bonds. The average molecular weight is 335 g/mol. The van der Waals surface area contributed by atoms with E-state index in [0.717, 1.165) is 18.4 Å². The number of halogens is 1. The minimum Gasteiger partial charge on any atom is -0.316 e. The van der Waals surface area contributed by atoms with Crippen molar-refractivity contribution in [3.63, 3.8) is 0 Å². The van der Waals surface area contributed by atoms with Crippen LogP contribution < -0.4 is 10.0 Å². The molecule has 1 saturated carbocycles. The first-order chi connectivity index (χ1) is 9.42. The van der Waals surface area contributed by atoms with Gasteiger partial charge in [0.2, 0.25) is 10.0 Å². The number of nitrogens with one attached hydrogen (secondary N) is 2. The molecule has 0 saturated heterocycles. The lowest BCUT2D eigenvalue weighted by Crippen LogP contribution is -2.32. The van der Waals surface area contributed by atoms with Crippen LogP contribution in [-0.4, -0.2) is 33.0 Å². The minimum absolute atomic E-state index is 0.0854. The van der Waals surface area contributed by atoms with Gasteiger partial charge in [0.05, 0.1) is 5.02 Å². The molecule has 1 aliphatic carbocycles. The third-order valence-electron chi connectivity index (χ3n) is 3.49. The maximum absolute atomic E-state index is 12.4. The van der Waals surface area contributed by atoms with Gasteiger partial charge >= 0.3 is 0 Å². The number of rotatable bonds is 7. The van der Waals surface area contributed by atoms with Gasteiger partial charge in [0.1, 0.15) is 4.90 Å². The standard InChI is InChI=1S/C13H19ClN2O2S2/c1-15-8-10-3-4-11(14)12(7-10)20(17,18)16-9-13(19-2)5-6-13/h3-4,7,15-16H,5-6,8-9H2,1-2H3. The second-order valence-electron chi connectivity index (χ2n) is 5.01. The van der Waals surface area contributed by atoms with Crippen molar-refractivity contribution >= 4 is 33.4 Å². The van der Waals surface area contributed by atoms with E-state index in [1.807, 2.05) is 19.4 Å². The zero-order chi connectivity index (χ0) is 14.8. The fourth-order valence-electron chi connectivity index (χ4n) is 1.96. The van der Waals surface area contributed by atoms with Crippen LogP contribution in [0.2, 0.25) is 5.02 Å². The molecule has 0 aromatic heterocycles. The summed E-state index contributed by atoms with van der Waals surface area (Å²) in [5, 5.41) is 3.25. The zero-order valence-electron chi connectivity index (χ0n) is 11.6. The predicted octanol–water partition coefficient (Wildman–Crippen LogP) is 2.23. The van der Waals surface area contributed by atoms with Gasteiger partial charge < -0.3 is 5.32 Å². The van der Waals surface area contributed by atoms with Crippen molar-refractivity contribution in [3.8, 4) is 0 Å². The summed E-state index contributed by atoms with van der Waals surface area (Å²) in [5.41, 5.74) is 0.892. The summed E-state index contributed by atoms with van der Waals surface area (Å²) in [6, 6.07) is 5.08. The van der Waals surface area contributed by atoms with Crippen molar-refractivity contribution in [2.45, 2.75) is 29.0 Å². The van der Waals surface area contributed by atoms with E-state index in [9.17, 15) is 8.42 Å². The van der Waals surface area contributed by atoms with E-state index in [-0.39, 0.29) is 14.7 Å². The highest BCUT2D eigenvalue weighted by atomic mass is 35.5. The van der Waals surface area contributed by atoms with Crippen molar-refractivity contribution in [1.82, 2.24) is 10.0 Å². The highest BCUT2D eigenvalue weighted by Gasteiger charge is 2.42. The molecule has 2 rings (SSSR count). The Balaban J connectivity index is 2.17. The van der Waals surface area contributed by atoms with E-state index in [2.05, 4.69) is 10.0 Å². The molecule has 0 heterocycles. The smallest absolute Gasteiger partial charge is 0.242 e. The highest BCUT2D eigenvalue weighted by molar-refractivity contribution is 8.00. The molecule has 112 valence electrons. The Morgan fingerprint density at radius 3 is 2.65 bits per heavy atom. The first-order valence-electron chi connectivity index (χ1n) is 6.40. The summed E-state index contributed by atoms with van der Waals surface area (Å²) in [6.07, 6.45) is 4.14. The van der Waals surface area contributed by atoms with Gasteiger partial charge in [-0.25, -0.2) is 13.1 Å². The molecule has 1 aromatic carbocycles. The lowest BCUT2D eigenvalue weighted by Gasteiger charge is -2.14. The molecule has 1 fully saturated rings. The van der Waals surface area contributed by atoms with Crippen molar-refractivity contribution < 1.29 is 8.42 Å². The molecular formula is C13H19ClN2O2S2. The summed E-state index contributed by atoms with van der Waals surface area (Å²) >= 11 is 7.76. The average Bonchev–Trinajstić information content (AvgIpc) is 3.20. The van der Waals surface area contributed by atoms with Gasteiger partial charge in [-0.3, -0.25) is 0 Å². The van der Waals surface area contributed by atoms with Crippen LogP contribution in [-0.2, 0) is 16.6 Å². The summed E-state index contributed by atoms with van der Waals surface area (Å²) in [6.45, 7) is 1.07. The summed E-state index contributed by atoms with van der Waals surface area (Å²) in [7, 11) is -1.74. The number of benzene rings is 1. The maximum Gasteiger partial charge on any atom is 0.242 e. The molecule has 1 aromatic rings. The molecule has 1 aliphatic rings. The van der Waals surface area contributed by atoms with Gasteiger partial charge in [-0.2, -0.15) is 11.8 Å². The van der Waals surface area contributed by atoms with E-state index in [1.165, 1.54) is 0 Å². The van der Waals surface area contributed by atoms with E-state index in [4.69, 9.17) is 11.6 Å². The minimum atomic E-state index is -3.56. The normalized spacial score (nSPS) is 17.1. The van der Waals surface area contributed by atoms with E-state index >= 15 is 0 Å². The maximum atomic E-state index is 12.4. The number of thioether (sulfide) groups is 1. The topological polar surface area (TPSA) is 58.2 Å². The van der Waals surface area contributed by atoms with Crippen molar-refractivity contribution in [1.29, 1.82) is 0 Å². The van der Waals surface area contributed by atoms with Crippen LogP contribution in [0.4, 0.5) is 0 Å². The zero-order valence-corrected chi connectivity index (χ0v) is 14.0. The fraction of sp³-hybridized carbons (Fsp3) is 0.538. The van der Waals surface area contributed by atoms with Crippen LogP contribution in [0.15, 0.2) is 23.1 Å². The van der Waals surface area contributed by atoms with E-state index < -0.39 is 10.0 Å². The third-order valence-corrected chi connectivity index (χ3v) is 6.79. The van der Waals surface area contributed by atoms with Crippen molar-refractivity contribution in [3.05, 3.63) is 28.8 Å². The van der Waals surface area contributed by atoms with Gasteiger partial charge in [-0.1, -0.05) is 17.7 Å². The molecule has 0 atom stereocenters. The van der Waals surface area contributed by atoms with Crippen molar-refractivity contribution in [2.75, 3.05) is 19.8 Å². The van der Waals surface area contributed by atoms with Gasteiger partial charge in [0.25, 0.3) is 0 Å². The molecule has 4 nitrogen and oxygen atoms in total. The van der Waals surface area contributed by atoms with Gasteiger partial charge in [0, 0.05) is 17.8 Å². The largest absolute Gasteiger partial charge is 0.316 e. The SMILES string of the molecule is CNCc1ccc(Cl)c(S(=O)(=O)NCC2(SC)CC2)c1. The van der Waals surface area contributed by atoms with Crippen LogP contribution in [0.5, 0.6) is 0 Å².